The maximum absolute atomic E-state index is 11.0. The lowest BCUT2D eigenvalue weighted by molar-refractivity contribution is -0.672. The Hall–Kier alpha value is -1.82. The van der Waals surface area contributed by atoms with Crippen molar-refractivity contribution in [1.29, 1.82) is 0 Å². The number of terminal acetylenes is 1. The number of aryl methyl sites for hydroxylation is 1. The van der Waals surface area contributed by atoms with Crippen LogP contribution in [0.2, 0.25) is 0 Å². The molecule has 0 bridgehead atoms. The molecule has 1 N–H and O–H groups in total. The second-order valence-electron chi connectivity index (χ2n) is 3.59. The van der Waals surface area contributed by atoms with Gasteiger partial charge in [0.2, 0.25) is 11.9 Å². The van der Waals surface area contributed by atoms with Gasteiger partial charge in [0.15, 0.2) is 5.75 Å². The Kier molecular flexibility index (Phi) is 9.11. The van der Waals surface area contributed by atoms with E-state index >= 15 is 0 Å². The molecule has 0 atom stereocenters. The average Bonchev–Trinajstić information content (AvgIpc) is 2.38. The maximum Gasteiger partial charge on any atom is 0.318 e. The van der Waals surface area contributed by atoms with Crippen LogP contribution in [0, 0.1) is 12.3 Å². The molecule has 0 radical (unpaired) electrons. The summed E-state index contributed by atoms with van der Waals surface area (Å²) in [5.74, 6) is 2.38. The van der Waals surface area contributed by atoms with E-state index in [0.717, 1.165) is 5.69 Å². The number of carbonyl (C=O) groups is 1. The molecule has 0 aliphatic carbocycles. The van der Waals surface area contributed by atoms with Gasteiger partial charge in [0.05, 0.1) is 0 Å². The molecule has 0 saturated carbocycles. The first-order valence-electron chi connectivity index (χ1n) is 5.56. The smallest absolute Gasteiger partial charge is 0.318 e. The summed E-state index contributed by atoms with van der Waals surface area (Å²) < 4.78 is 12.0. The molecule has 0 saturated heterocycles. The number of halogens is 1. The van der Waals surface area contributed by atoms with Gasteiger partial charge in [0.25, 0.3) is 0 Å². The third kappa shape index (κ3) is 6.38. The fourth-order valence-corrected chi connectivity index (χ4v) is 1.32. The van der Waals surface area contributed by atoms with Crippen molar-refractivity contribution in [2.45, 2.75) is 6.42 Å². The molecule has 108 valence electrons. The topological polar surface area (TPSA) is 72.0 Å². The zero-order valence-corrected chi connectivity index (χ0v) is 13.1. The van der Waals surface area contributed by atoms with E-state index in [2.05, 4.69) is 11.1 Å². The summed E-state index contributed by atoms with van der Waals surface area (Å²) in [6, 6.07) is 3.46. The molecular formula is C13H15IN2O4. The lowest BCUT2D eigenvalue weighted by Gasteiger charge is -2.05. The molecule has 6 nitrogen and oxygen atoms in total. The van der Waals surface area contributed by atoms with E-state index in [1.807, 2.05) is 0 Å². The molecular weight excluding hydrogens is 375 g/mol. The van der Waals surface area contributed by atoms with Crippen molar-refractivity contribution >= 4 is 12.2 Å². The lowest BCUT2D eigenvalue weighted by atomic mass is 10.3. The zero-order chi connectivity index (χ0) is 14.1. The van der Waals surface area contributed by atoms with Crippen LogP contribution in [0.15, 0.2) is 23.5 Å². The van der Waals surface area contributed by atoms with Gasteiger partial charge in [-0.05, 0) is 6.07 Å². The standard InChI is InChI=1S/C13H14N2O4.HI/c1-3-4-13(16)19-8-7-18-12-6-5-11(9-14-17)15(2)10-12;/h1,5-6,9-10H,4,7-8H2,2H3;1H. The third-order valence-electron chi connectivity index (χ3n) is 2.20. The van der Waals surface area contributed by atoms with E-state index in [0.29, 0.717) is 5.75 Å². The Morgan fingerprint density at radius 1 is 1.55 bits per heavy atom. The van der Waals surface area contributed by atoms with Gasteiger partial charge >= 0.3 is 5.97 Å². The van der Waals surface area contributed by atoms with Crippen molar-refractivity contribution in [3.8, 4) is 18.1 Å². The normalized spacial score (nSPS) is 9.60. The number of nitrogens with zero attached hydrogens (tertiary/aromatic N) is 2. The highest BCUT2D eigenvalue weighted by molar-refractivity contribution is 5.74. The summed E-state index contributed by atoms with van der Waals surface area (Å²) in [5, 5.41) is 11.4. The Labute approximate surface area is 134 Å². The second-order valence-corrected chi connectivity index (χ2v) is 3.59. The van der Waals surface area contributed by atoms with Crippen molar-refractivity contribution in [2.75, 3.05) is 13.2 Å². The van der Waals surface area contributed by atoms with Gasteiger partial charge in [0, 0.05) is 6.07 Å². The van der Waals surface area contributed by atoms with Crippen molar-refractivity contribution in [1.82, 2.24) is 0 Å². The van der Waals surface area contributed by atoms with Gasteiger partial charge < -0.3 is 38.7 Å². The van der Waals surface area contributed by atoms with Crippen LogP contribution in [-0.2, 0) is 16.6 Å². The van der Waals surface area contributed by atoms with E-state index in [9.17, 15) is 4.79 Å². The van der Waals surface area contributed by atoms with Crippen LogP contribution in [0.5, 0.6) is 5.75 Å². The molecule has 1 aromatic heterocycles. The summed E-state index contributed by atoms with van der Waals surface area (Å²) >= 11 is 0. The Morgan fingerprint density at radius 3 is 2.90 bits per heavy atom. The Balaban J connectivity index is 0.00000361. The van der Waals surface area contributed by atoms with Crippen LogP contribution >= 0.6 is 0 Å². The minimum absolute atomic E-state index is 0. The maximum atomic E-state index is 11.0. The van der Waals surface area contributed by atoms with Gasteiger partial charge in [-0.3, -0.25) is 4.79 Å². The molecule has 0 unspecified atom stereocenters. The van der Waals surface area contributed by atoms with Crippen molar-refractivity contribution in [3.63, 3.8) is 0 Å². The molecule has 0 aromatic carbocycles. The number of hydrogen-bond acceptors (Lipinski definition) is 5. The Bertz CT molecular complexity index is 512. The average molecular weight is 390 g/mol. The highest BCUT2D eigenvalue weighted by atomic mass is 127. The molecule has 0 aliphatic heterocycles. The number of ether oxygens (including phenoxy) is 2. The van der Waals surface area contributed by atoms with Gasteiger partial charge in [-0.25, -0.2) is 0 Å². The van der Waals surface area contributed by atoms with E-state index in [1.54, 1.807) is 29.9 Å². The highest BCUT2D eigenvalue weighted by Gasteiger charge is 2.07. The van der Waals surface area contributed by atoms with E-state index in [1.165, 1.54) is 6.21 Å². The number of aromatic nitrogens is 1. The predicted molar refractivity (Wildman–Crippen MR) is 66.9 cm³/mol. The third-order valence-corrected chi connectivity index (χ3v) is 2.20. The van der Waals surface area contributed by atoms with Crippen LogP contribution in [0.3, 0.4) is 0 Å². The second kappa shape index (κ2) is 10.0. The first-order valence-corrected chi connectivity index (χ1v) is 5.56. The summed E-state index contributed by atoms with van der Waals surface area (Å²) in [6.07, 6.45) is 7.96. The van der Waals surface area contributed by atoms with E-state index < -0.39 is 5.97 Å². The predicted octanol–water partition coefficient (Wildman–Crippen LogP) is -2.73. The monoisotopic (exact) mass is 390 g/mol. The molecule has 0 fully saturated rings. The molecule has 1 rings (SSSR count). The fraction of sp³-hybridized carbons (Fsp3) is 0.308. The number of esters is 1. The van der Waals surface area contributed by atoms with Crippen LogP contribution in [0.25, 0.3) is 0 Å². The largest absolute Gasteiger partial charge is 1.00 e. The van der Waals surface area contributed by atoms with Gasteiger partial charge in [0.1, 0.15) is 32.9 Å². The van der Waals surface area contributed by atoms with Crippen molar-refractivity contribution in [2.24, 2.45) is 12.2 Å². The quantitative estimate of drug-likeness (QED) is 0.0837. The molecule has 0 spiro atoms. The highest BCUT2D eigenvalue weighted by Crippen LogP contribution is 2.06. The zero-order valence-electron chi connectivity index (χ0n) is 11.0. The van der Waals surface area contributed by atoms with Gasteiger partial charge in [-0.2, -0.15) is 4.57 Å². The summed E-state index contributed by atoms with van der Waals surface area (Å²) in [6.45, 7) is 0.383. The number of hydrogen-bond donors (Lipinski definition) is 1. The van der Waals surface area contributed by atoms with Crippen LogP contribution in [-0.4, -0.2) is 30.6 Å². The molecule has 20 heavy (non-hydrogen) atoms. The van der Waals surface area contributed by atoms with E-state index in [-0.39, 0.29) is 43.6 Å². The Morgan fingerprint density at radius 2 is 2.30 bits per heavy atom. The first kappa shape index (κ1) is 18.2. The number of pyridine rings is 1. The summed E-state index contributed by atoms with van der Waals surface area (Å²) in [7, 11) is 1.79. The van der Waals surface area contributed by atoms with Gasteiger partial charge in [-0.15, -0.1) is 6.42 Å². The molecule has 1 aromatic rings. The molecule has 7 heteroatoms. The number of oxime groups is 1. The minimum atomic E-state index is -0.439. The number of rotatable bonds is 6. The van der Waals surface area contributed by atoms with Crippen molar-refractivity contribution < 1.29 is 48.0 Å². The summed E-state index contributed by atoms with van der Waals surface area (Å²) in [4.78, 5) is 11.0. The van der Waals surface area contributed by atoms with Crippen LogP contribution in [0.4, 0.5) is 0 Å². The first-order chi connectivity index (χ1) is 9.17. The van der Waals surface area contributed by atoms with Crippen LogP contribution < -0.4 is 33.3 Å². The van der Waals surface area contributed by atoms with E-state index in [4.69, 9.17) is 21.1 Å². The van der Waals surface area contributed by atoms with Crippen LogP contribution in [0.1, 0.15) is 12.1 Å². The minimum Gasteiger partial charge on any atom is -1.00 e. The summed E-state index contributed by atoms with van der Waals surface area (Å²) in [5.41, 5.74) is 0.718. The number of carbonyl (C=O) groups excluding carboxylic acids is 1. The fourth-order valence-electron chi connectivity index (χ4n) is 1.32. The SMILES string of the molecule is C#CCC(=O)OCCOc1ccc(C=NO)[n+](C)c1.[I-]. The molecule has 0 amide bonds. The van der Waals surface area contributed by atoms with Gasteiger partial charge in [-0.1, -0.05) is 11.1 Å². The molecule has 0 aliphatic rings. The van der Waals surface area contributed by atoms with Crippen molar-refractivity contribution in [3.05, 3.63) is 24.0 Å². The lowest BCUT2D eigenvalue weighted by Crippen LogP contribution is -3.00. The molecule has 1 heterocycles.